The molecule has 5 aromatic heterocycles. The maximum atomic E-state index is 4.79. The van der Waals surface area contributed by atoms with Crippen molar-refractivity contribution in [3.05, 3.63) is 36.8 Å². The quantitative estimate of drug-likeness (QED) is 0.439. The molecule has 6 rings (SSSR count). The molecule has 0 saturated carbocycles. The van der Waals surface area contributed by atoms with E-state index >= 15 is 0 Å². The van der Waals surface area contributed by atoms with E-state index in [1.165, 1.54) is 19.3 Å². The fraction of sp³-hybridized carbons (Fsp3) is 0.250. The second-order valence-corrected chi connectivity index (χ2v) is 7.31. The second-order valence-electron chi connectivity index (χ2n) is 7.31. The number of aromatic nitrogens is 8. The average molecular weight is 385 g/mol. The number of anilines is 1. The minimum absolute atomic E-state index is 0.667. The number of hydrogen-bond donors (Lipinski definition) is 3. The van der Waals surface area contributed by atoms with Crippen molar-refractivity contribution in [3.63, 3.8) is 0 Å². The van der Waals surface area contributed by atoms with E-state index < -0.39 is 0 Å². The monoisotopic (exact) mass is 385 g/mol. The molecular weight excluding hydrogens is 366 g/mol. The molecule has 1 aliphatic heterocycles. The Morgan fingerprint density at radius 2 is 1.93 bits per heavy atom. The number of nitrogens with one attached hydrogen (secondary N) is 3. The average Bonchev–Trinajstić information content (AvgIpc) is 3.52. The maximum absolute atomic E-state index is 4.79. The van der Waals surface area contributed by atoms with Gasteiger partial charge in [-0.15, -0.1) is 0 Å². The first kappa shape index (κ1) is 16.2. The summed E-state index contributed by atoms with van der Waals surface area (Å²) in [4.78, 5) is 19.8. The minimum Gasteiger partial charge on any atom is -0.370 e. The van der Waals surface area contributed by atoms with Crippen LogP contribution in [0.1, 0.15) is 19.3 Å². The van der Waals surface area contributed by atoms with Crippen molar-refractivity contribution in [3.8, 4) is 22.8 Å². The van der Waals surface area contributed by atoms with E-state index in [0.29, 0.717) is 17.2 Å². The first-order valence-corrected chi connectivity index (χ1v) is 9.81. The molecule has 0 spiro atoms. The van der Waals surface area contributed by atoms with Gasteiger partial charge in [0.05, 0.1) is 23.1 Å². The Hall–Kier alpha value is -3.75. The summed E-state index contributed by atoms with van der Waals surface area (Å²) in [6.45, 7) is 2.13. The van der Waals surface area contributed by atoms with Gasteiger partial charge in [0, 0.05) is 31.0 Å². The van der Waals surface area contributed by atoms with Gasteiger partial charge in [-0.1, -0.05) is 0 Å². The molecule has 0 aromatic carbocycles. The molecule has 1 saturated heterocycles. The number of aromatic amines is 3. The number of piperidine rings is 1. The zero-order valence-corrected chi connectivity index (χ0v) is 15.7. The van der Waals surface area contributed by atoms with E-state index in [-0.39, 0.29) is 0 Å². The van der Waals surface area contributed by atoms with Gasteiger partial charge in [0.1, 0.15) is 11.0 Å². The summed E-state index contributed by atoms with van der Waals surface area (Å²) in [5, 5.41) is 14.4. The lowest BCUT2D eigenvalue weighted by molar-refractivity contribution is 0.578. The van der Waals surface area contributed by atoms with E-state index in [4.69, 9.17) is 9.97 Å². The van der Waals surface area contributed by atoms with Crippen LogP contribution in [0.15, 0.2) is 36.8 Å². The third-order valence-corrected chi connectivity index (χ3v) is 5.49. The lowest BCUT2D eigenvalue weighted by Crippen LogP contribution is -2.29. The van der Waals surface area contributed by atoms with Gasteiger partial charge in [0.2, 0.25) is 0 Å². The SMILES string of the molecule is c1cc(N2CCCCC2)c2[nH]c(-c3n[nH]c4ccc(-c5cn[nH]c5)nc34)nc2n1. The molecule has 0 atom stereocenters. The number of imidazole rings is 1. The molecule has 6 heterocycles. The highest BCUT2D eigenvalue weighted by atomic mass is 15.2. The second kappa shape index (κ2) is 6.40. The van der Waals surface area contributed by atoms with Gasteiger partial charge in [-0.25, -0.2) is 15.0 Å². The number of pyridine rings is 2. The lowest BCUT2D eigenvalue weighted by atomic mass is 10.1. The Morgan fingerprint density at radius 3 is 2.79 bits per heavy atom. The summed E-state index contributed by atoms with van der Waals surface area (Å²) >= 11 is 0. The van der Waals surface area contributed by atoms with E-state index in [1.807, 2.05) is 24.5 Å². The standard InChI is InChI=1S/C20H19N9/c1-2-8-29(9-3-1)15-6-7-21-19-17(15)25-20(26-19)18-16-14(27-28-18)5-4-13(24-16)12-10-22-23-11-12/h4-7,10-11H,1-3,8-9H2,(H,22,23)(H,27,28)(H,21,25,26). The first-order valence-electron chi connectivity index (χ1n) is 9.81. The van der Waals surface area contributed by atoms with Crippen LogP contribution in [0.2, 0.25) is 0 Å². The van der Waals surface area contributed by atoms with Crippen LogP contribution < -0.4 is 4.90 Å². The lowest BCUT2D eigenvalue weighted by Gasteiger charge is -2.28. The van der Waals surface area contributed by atoms with E-state index in [2.05, 4.69) is 41.3 Å². The molecule has 1 fully saturated rings. The van der Waals surface area contributed by atoms with Crippen LogP contribution in [-0.4, -0.2) is 53.4 Å². The van der Waals surface area contributed by atoms with Gasteiger partial charge < -0.3 is 9.88 Å². The Balaban J connectivity index is 1.48. The zero-order chi connectivity index (χ0) is 19.2. The molecule has 0 aliphatic carbocycles. The van der Waals surface area contributed by atoms with Crippen LogP contribution in [-0.2, 0) is 0 Å². The summed E-state index contributed by atoms with van der Waals surface area (Å²) < 4.78 is 0. The minimum atomic E-state index is 0.667. The van der Waals surface area contributed by atoms with Gasteiger partial charge in [-0.2, -0.15) is 10.2 Å². The smallest absolute Gasteiger partial charge is 0.180 e. The molecule has 5 aromatic rings. The van der Waals surface area contributed by atoms with Crippen LogP contribution in [0.5, 0.6) is 0 Å². The van der Waals surface area contributed by atoms with Crippen LogP contribution in [0.3, 0.4) is 0 Å². The van der Waals surface area contributed by atoms with Gasteiger partial charge in [-0.05, 0) is 37.5 Å². The fourth-order valence-electron chi connectivity index (χ4n) is 4.02. The van der Waals surface area contributed by atoms with Crippen molar-refractivity contribution in [2.45, 2.75) is 19.3 Å². The zero-order valence-electron chi connectivity index (χ0n) is 15.7. The fourth-order valence-corrected chi connectivity index (χ4v) is 4.02. The molecular formula is C20H19N9. The van der Waals surface area contributed by atoms with Crippen LogP contribution in [0.4, 0.5) is 5.69 Å². The van der Waals surface area contributed by atoms with Crippen molar-refractivity contribution >= 4 is 27.9 Å². The predicted octanol–water partition coefficient (Wildman–Crippen LogP) is 3.28. The normalized spacial score (nSPS) is 14.8. The molecule has 1 aliphatic rings. The molecule has 0 radical (unpaired) electrons. The summed E-state index contributed by atoms with van der Waals surface area (Å²) in [5.41, 5.74) is 6.87. The molecule has 29 heavy (non-hydrogen) atoms. The number of H-pyrrole nitrogens is 3. The number of rotatable bonds is 3. The molecule has 0 unspecified atom stereocenters. The number of hydrogen-bond acceptors (Lipinski definition) is 6. The summed E-state index contributed by atoms with van der Waals surface area (Å²) in [6, 6.07) is 5.98. The topological polar surface area (TPSA) is 115 Å². The number of fused-ring (bicyclic) bond motifs is 2. The maximum Gasteiger partial charge on any atom is 0.180 e. The van der Waals surface area contributed by atoms with Gasteiger partial charge in [0.15, 0.2) is 17.2 Å². The van der Waals surface area contributed by atoms with E-state index in [9.17, 15) is 0 Å². The van der Waals surface area contributed by atoms with Crippen LogP contribution in [0, 0.1) is 0 Å². The Labute approximate surface area is 165 Å². The molecule has 144 valence electrons. The third kappa shape index (κ3) is 2.65. The Morgan fingerprint density at radius 1 is 1.00 bits per heavy atom. The molecule has 0 bridgehead atoms. The molecule has 9 nitrogen and oxygen atoms in total. The van der Waals surface area contributed by atoms with Crippen LogP contribution >= 0.6 is 0 Å². The van der Waals surface area contributed by atoms with Gasteiger partial charge >= 0.3 is 0 Å². The van der Waals surface area contributed by atoms with Gasteiger partial charge in [-0.3, -0.25) is 10.2 Å². The van der Waals surface area contributed by atoms with Crippen molar-refractivity contribution in [2.75, 3.05) is 18.0 Å². The van der Waals surface area contributed by atoms with Crippen molar-refractivity contribution in [2.24, 2.45) is 0 Å². The van der Waals surface area contributed by atoms with Gasteiger partial charge in [0.25, 0.3) is 0 Å². The highest BCUT2D eigenvalue weighted by Crippen LogP contribution is 2.31. The predicted molar refractivity (Wildman–Crippen MR) is 110 cm³/mol. The van der Waals surface area contributed by atoms with Crippen molar-refractivity contribution < 1.29 is 0 Å². The Kier molecular flexibility index (Phi) is 3.58. The summed E-state index contributed by atoms with van der Waals surface area (Å²) in [6.07, 6.45) is 9.14. The molecule has 3 N–H and O–H groups in total. The van der Waals surface area contributed by atoms with Crippen molar-refractivity contribution in [1.82, 2.24) is 40.3 Å². The van der Waals surface area contributed by atoms with E-state index in [1.54, 1.807) is 6.20 Å². The van der Waals surface area contributed by atoms with Crippen LogP contribution in [0.25, 0.3) is 45.0 Å². The van der Waals surface area contributed by atoms with E-state index in [0.717, 1.165) is 46.6 Å². The third-order valence-electron chi connectivity index (χ3n) is 5.49. The summed E-state index contributed by atoms with van der Waals surface area (Å²) in [7, 11) is 0. The molecule has 0 amide bonds. The first-order chi connectivity index (χ1) is 14.4. The highest BCUT2D eigenvalue weighted by Gasteiger charge is 2.19. The Bertz CT molecular complexity index is 1290. The van der Waals surface area contributed by atoms with Crippen molar-refractivity contribution in [1.29, 1.82) is 0 Å². The molecule has 9 heteroatoms. The largest absolute Gasteiger partial charge is 0.370 e. The number of nitrogens with zero attached hydrogens (tertiary/aromatic N) is 6. The highest BCUT2D eigenvalue weighted by molar-refractivity contribution is 5.93. The summed E-state index contributed by atoms with van der Waals surface area (Å²) in [5.74, 6) is 0.667.